The van der Waals surface area contributed by atoms with Gasteiger partial charge in [-0.25, -0.2) is 9.67 Å². The average Bonchev–Trinajstić information content (AvgIpc) is 2.76. The number of rotatable bonds is 7. The molecular weight excluding hydrogens is 252 g/mol. The van der Waals surface area contributed by atoms with E-state index in [9.17, 15) is 0 Å². The molecule has 0 unspecified atom stereocenters. The van der Waals surface area contributed by atoms with E-state index in [4.69, 9.17) is 4.74 Å². The van der Waals surface area contributed by atoms with Crippen molar-refractivity contribution in [1.82, 2.24) is 20.1 Å². The van der Waals surface area contributed by atoms with Crippen molar-refractivity contribution < 1.29 is 4.74 Å². The number of benzene rings is 1. The van der Waals surface area contributed by atoms with E-state index in [2.05, 4.69) is 28.4 Å². The number of para-hydroxylation sites is 1. The fraction of sp³-hybridized carbons (Fsp3) is 0.467. The van der Waals surface area contributed by atoms with E-state index in [1.165, 1.54) is 5.56 Å². The molecule has 1 heterocycles. The molecule has 5 nitrogen and oxygen atoms in total. The molecule has 2 aromatic rings. The Morgan fingerprint density at radius 1 is 1.25 bits per heavy atom. The topological polar surface area (TPSA) is 52.0 Å². The highest BCUT2D eigenvalue weighted by atomic mass is 16.5. The van der Waals surface area contributed by atoms with Crippen molar-refractivity contribution in [1.29, 1.82) is 0 Å². The second kappa shape index (κ2) is 7.05. The summed E-state index contributed by atoms with van der Waals surface area (Å²) in [6.07, 6.45) is 0. The molecule has 0 aliphatic carbocycles. The minimum Gasteiger partial charge on any atom is -0.491 e. The van der Waals surface area contributed by atoms with Crippen LogP contribution in [0, 0.1) is 13.8 Å². The van der Waals surface area contributed by atoms with Crippen molar-refractivity contribution in [3.63, 3.8) is 0 Å². The van der Waals surface area contributed by atoms with Crippen molar-refractivity contribution in [2.45, 2.75) is 33.9 Å². The summed E-state index contributed by atoms with van der Waals surface area (Å²) in [7, 11) is 0. The maximum absolute atomic E-state index is 5.87. The van der Waals surface area contributed by atoms with Crippen LogP contribution in [-0.2, 0) is 13.1 Å². The van der Waals surface area contributed by atoms with Gasteiger partial charge in [0.1, 0.15) is 24.0 Å². The van der Waals surface area contributed by atoms with Crippen LogP contribution in [0.4, 0.5) is 0 Å². The van der Waals surface area contributed by atoms with E-state index in [-0.39, 0.29) is 0 Å². The molecule has 2 rings (SSSR count). The Labute approximate surface area is 120 Å². The molecule has 1 N–H and O–H groups in total. The second-order valence-electron chi connectivity index (χ2n) is 4.67. The van der Waals surface area contributed by atoms with Gasteiger partial charge in [-0.15, -0.1) is 0 Å². The Morgan fingerprint density at radius 2 is 2.05 bits per heavy atom. The fourth-order valence-electron chi connectivity index (χ4n) is 2.07. The van der Waals surface area contributed by atoms with Gasteiger partial charge < -0.3 is 10.1 Å². The first-order valence-corrected chi connectivity index (χ1v) is 7.00. The highest BCUT2D eigenvalue weighted by Gasteiger charge is 2.05. The van der Waals surface area contributed by atoms with Crippen molar-refractivity contribution in [2.75, 3.05) is 13.2 Å². The normalized spacial score (nSPS) is 10.8. The average molecular weight is 274 g/mol. The number of hydrogen-bond donors (Lipinski definition) is 1. The van der Waals surface area contributed by atoms with Crippen LogP contribution < -0.4 is 10.1 Å². The molecule has 0 aliphatic heterocycles. The first-order valence-electron chi connectivity index (χ1n) is 7.00. The maximum atomic E-state index is 5.87. The Morgan fingerprint density at radius 3 is 2.75 bits per heavy atom. The number of aryl methyl sites for hydroxylation is 2. The summed E-state index contributed by atoms with van der Waals surface area (Å²) < 4.78 is 7.75. The fourth-order valence-corrected chi connectivity index (χ4v) is 2.07. The Bertz CT molecular complexity index is 551. The van der Waals surface area contributed by atoms with Gasteiger partial charge in [-0.1, -0.05) is 25.1 Å². The lowest BCUT2D eigenvalue weighted by Gasteiger charge is -2.12. The van der Waals surface area contributed by atoms with Gasteiger partial charge in [0.25, 0.3) is 0 Å². The molecule has 5 heteroatoms. The zero-order chi connectivity index (χ0) is 14.4. The predicted octanol–water partition coefficient (Wildman–Crippen LogP) is 2.08. The minimum absolute atomic E-state index is 0.590. The van der Waals surface area contributed by atoms with Gasteiger partial charge in [0, 0.05) is 12.1 Å². The summed E-state index contributed by atoms with van der Waals surface area (Å²) in [4.78, 5) is 4.28. The quantitative estimate of drug-likeness (QED) is 0.840. The largest absolute Gasteiger partial charge is 0.491 e. The summed E-state index contributed by atoms with van der Waals surface area (Å²) in [5.41, 5.74) is 1.18. The first kappa shape index (κ1) is 14.5. The number of nitrogens with zero attached hydrogens (tertiary/aromatic N) is 3. The third-order valence-corrected chi connectivity index (χ3v) is 3.06. The standard InChI is InChI=1S/C15H22N4O/c1-4-16-11-14-7-5-6-8-15(14)20-10-9-19-13(3)17-12(2)18-19/h5-8,16H,4,9-11H2,1-3H3. The number of ether oxygens (including phenoxy) is 1. The highest BCUT2D eigenvalue weighted by Crippen LogP contribution is 2.17. The highest BCUT2D eigenvalue weighted by molar-refractivity contribution is 5.33. The summed E-state index contributed by atoms with van der Waals surface area (Å²) in [6, 6.07) is 8.12. The molecule has 1 aromatic carbocycles. The molecule has 108 valence electrons. The lowest BCUT2D eigenvalue weighted by Crippen LogP contribution is -2.15. The van der Waals surface area contributed by atoms with Gasteiger partial charge in [-0.3, -0.25) is 0 Å². The molecule has 0 spiro atoms. The van der Waals surface area contributed by atoms with Gasteiger partial charge >= 0.3 is 0 Å². The second-order valence-corrected chi connectivity index (χ2v) is 4.67. The Hall–Kier alpha value is -1.88. The predicted molar refractivity (Wildman–Crippen MR) is 78.8 cm³/mol. The van der Waals surface area contributed by atoms with Crippen LogP contribution in [0.15, 0.2) is 24.3 Å². The van der Waals surface area contributed by atoms with Crippen LogP contribution in [0.1, 0.15) is 24.1 Å². The SMILES string of the molecule is CCNCc1ccccc1OCCn1nc(C)nc1C. The van der Waals surface area contributed by atoms with E-state index in [1.54, 1.807) is 0 Å². The van der Waals surface area contributed by atoms with Crippen LogP contribution in [0.3, 0.4) is 0 Å². The van der Waals surface area contributed by atoms with Crippen LogP contribution in [0.2, 0.25) is 0 Å². The van der Waals surface area contributed by atoms with Gasteiger partial charge in [0.15, 0.2) is 0 Å². The molecular formula is C15H22N4O. The summed E-state index contributed by atoms with van der Waals surface area (Å²) in [6.45, 7) is 9.03. The third kappa shape index (κ3) is 3.81. The van der Waals surface area contributed by atoms with Crippen LogP contribution in [0.25, 0.3) is 0 Å². The summed E-state index contributed by atoms with van der Waals surface area (Å²) in [5, 5.41) is 7.64. The molecule has 20 heavy (non-hydrogen) atoms. The maximum Gasteiger partial charge on any atom is 0.147 e. The zero-order valence-corrected chi connectivity index (χ0v) is 12.4. The number of hydrogen-bond acceptors (Lipinski definition) is 4. The Kier molecular flexibility index (Phi) is 5.12. The van der Waals surface area contributed by atoms with Gasteiger partial charge in [-0.2, -0.15) is 5.10 Å². The van der Waals surface area contributed by atoms with Crippen molar-refractivity contribution >= 4 is 0 Å². The minimum atomic E-state index is 0.590. The monoisotopic (exact) mass is 274 g/mol. The van der Waals surface area contributed by atoms with E-state index >= 15 is 0 Å². The van der Waals surface area contributed by atoms with Gasteiger partial charge in [0.2, 0.25) is 0 Å². The van der Waals surface area contributed by atoms with E-state index in [0.29, 0.717) is 13.2 Å². The van der Waals surface area contributed by atoms with Gasteiger partial charge in [-0.05, 0) is 26.5 Å². The molecule has 0 atom stereocenters. The molecule has 1 aromatic heterocycles. The van der Waals surface area contributed by atoms with Crippen LogP contribution in [-0.4, -0.2) is 27.9 Å². The Balaban J connectivity index is 1.92. The van der Waals surface area contributed by atoms with Crippen molar-refractivity contribution in [3.8, 4) is 5.75 Å². The molecule has 0 saturated carbocycles. The molecule has 0 radical (unpaired) electrons. The van der Waals surface area contributed by atoms with Crippen LogP contribution >= 0.6 is 0 Å². The van der Waals surface area contributed by atoms with E-state index in [1.807, 2.05) is 36.7 Å². The number of nitrogens with one attached hydrogen (secondary N) is 1. The summed E-state index contributed by atoms with van der Waals surface area (Å²) >= 11 is 0. The van der Waals surface area contributed by atoms with Gasteiger partial charge in [0.05, 0.1) is 6.54 Å². The molecule has 0 saturated heterocycles. The smallest absolute Gasteiger partial charge is 0.147 e. The lowest BCUT2D eigenvalue weighted by molar-refractivity contribution is 0.286. The summed E-state index contributed by atoms with van der Waals surface area (Å²) in [5.74, 6) is 2.66. The first-order chi connectivity index (χ1) is 9.70. The van der Waals surface area contributed by atoms with Crippen molar-refractivity contribution in [2.24, 2.45) is 0 Å². The molecule has 0 bridgehead atoms. The van der Waals surface area contributed by atoms with E-state index < -0.39 is 0 Å². The zero-order valence-electron chi connectivity index (χ0n) is 12.4. The number of aromatic nitrogens is 3. The van der Waals surface area contributed by atoms with Crippen LogP contribution in [0.5, 0.6) is 5.75 Å². The lowest BCUT2D eigenvalue weighted by atomic mass is 10.2. The van der Waals surface area contributed by atoms with Crippen molar-refractivity contribution in [3.05, 3.63) is 41.5 Å². The molecule has 0 fully saturated rings. The molecule has 0 aliphatic rings. The third-order valence-electron chi connectivity index (χ3n) is 3.06. The molecule has 0 amide bonds. The van der Waals surface area contributed by atoms with E-state index in [0.717, 1.165) is 30.5 Å².